The lowest BCUT2D eigenvalue weighted by Crippen LogP contribution is -2.32. The number of rotatable bonds is 2. The molecule has 0 saturated carbocycles. The summed E-state index contributed by atoms with van der Waals surface area (Å²) in [6, 6.07) is -0.259. The Hall–Kier alpha value is -0.900. The Kier molecular flexibility index (Phi) is 2.39. The monoisotopic (exact) mass is 143 g/mol. The van der Waals surface area contributed by atoms with E-state index in [2.05, 4.69) is 10.1 Å². The topological polar surface area (TPSA) is 55.4 Å². The quantitative estimate of drug-likeness (QED) is 0.320. The molecule has 0 aromatic heterocycles. The molecule has 1 aliphatic heterocycles. The van der Waals surface area contributed by atoms with Crippen molar-refractivity contribution in [2.75, 3.05) is 6.54 Å². The molecule has 0 aromatic carbocycles. The van der Waals surface area contributed by atoms with Gasteiger partial charge in [-0.2, -0.15) is 0 Å². The van der Waals surface area contributed by atoms with Gasteiger partial charge in [-0.1, -0.05) is 0 Å². The summed E-state index contributed by atoms with van der Waals surface area (Å²) >= 11 is 0. The molecule has 1 fully saturated rings. The second kappa shape index (κ2) is 3.31. The minimum Gasteiger partial charge on any atom is -0.394 e. The number of hydrogen-bond donors (Lipinski definition) is 1. The van der Waals surface area contributed by atoms with Crippen LogP contribution in [0.2, 0.25) is 0 Å². The van der Waals surface area contributed by atoms with Crippen LogP contribution in [0.4, 0.5) is 0 Å². The van der Waals surface area contributed by atoms with Crippen molar-refractivity contribution in [1.29, 1.82) is 0 Å². The Morgan fingerprint density at radius 3 is 3.00 bits per heavy atom. The third-order valence-electron chi connectivity index (χ3n) is 1.51. The fourth-order valence-corrected chi connectivity index (χ4v) is 1.02. The molecular formula is C6H9NO3. The van der Waals surface area contributed by atoms with E-state index in [9.17, 15) is 9.59 Å². The summed E-state index contributed by atoms with van der Waals surface area (Å²) < 4.78 is 4.14. The molecule has 1 aliphatic rings. The van der Waals surface area contributed by atoms with Crippen LogP contribution in [0.25, 0.3) is 0 Å². The summed E-state index contributed by atoms with van der Waals surface area (Å²) in [5.41, 5.74) is 0. The van der Waals surface area contributed by atoms with Gasteiger partial charge in [0.25, 0.3) is 0 Å². The maximum Gasteiger partial charge on any atom is 0.330 e. The third-order valence-corrected chi connectivity index (χ3v) is 1.51. The lowest BCUT2D eigenvalue weighted by molar-refractivity contribution is -0.152. The van der Waals surface area contributed by atoms with Crippen LogP contribution in [-0.4, -0.2) is 25.0 Å². The highest BCUT2D eigenvalue weighted by molar-refractivity contribution is 5.81. The summed E-state index contributed by atoms with van der Waals surface area (Å²) in [6.45, 7) is 1.00. The predicted molar refractivity (Wildman–Crippen MR) is 33.2 cm³/mol. The van der Waals surface area contributed by atoms with Gasteiger partial charge in [-0.05, 0) is 19.4 Å². The summed E-state index contributed by atoms with van der Waals surface area (Å²) in [4.78, 5) is 20.4. The van der Waals surface area contributed by atoms with Gasteiger partial charge in [0.05, 0.1) is 0 Å². The first kappa shape index (κ1) is 7.21. The number of hydrogen-bond acceptors (Lipinski definition) is 4. The molecular weight excluding hydrogens is 134 g/mol. The molecule has 1 saturated heterocycles. The number of esters is 1. The van der Waals surface area contributed by atoms with Gasteiger partial charge in [-0.25, -0.2) is 4.79 Å². The van der Waals surface area contributed by atoms with Crippen molar-refractivity contribution in [3.63, 3.8) is 0 Å². The number of carbonyl (C=O) groups is 2. The minimum absolute atomic E-state index is 0.169. The van der Waals surface area contributed by atoms with E-state index in [0.717, 1.165) is 19.4 Å². The SMILES string of the molecule is O=COC(=O)[C@@H]1CCCN1. The molecule has 0 aliphatic carbocycles. The smallest absolute Gasteiger partial charge is 0.330 e. The van der Waals surface area contributed by atoms with Crippen molar-refractivity contribution in [3.8, 4) is 0 Å². The molecule has 0 amide bonds. The van der Waals surface area contributed by atoms with Crippen LogP contribution in [0.15, 0.2) is 0 Å². The van der Waals surface area contributed by atoms with Crippen molar-refractivity contribution in [1.82, 2.24) is 5.32 Å². The fraction of sp³-hybridized carbons (Fsp3) is 0.667. The number of carbonyl (C=O) groups excluding carboxylic acids is 2. The molecule has 4 nitrogen and oxygen atoms in total. The number of ether oxygens (including phenoxy) is 1. The Balaban J connectivity index is 2.32. The molecule has 0 bridgehead atoms. The van der Waals surface area contributed by atoms with Gasteiger partial charge in [0.2, 0.25) is 0 Å². The van der Waals surface area contributed by atoms with Gasteiger partial charge in [0.15, 0.2) is 0 Å². The van der Waals surface area contributed by atoms with Crippen LogP contribution in [0.5, 0.6) is 0 Å². The van der Waals surface area contributed by atoms with Crippen LogP contribution in [0, 0.1) is 0 Å². The average Bonchev–Trinajstić information content (AvgIpc) is 2.38. The zero-order valence-electron chi connectivity index (χ0n) is 5.50. The van der Waals surface area contributed by atoms with Gasteiger partial charge in [-0.15, -0.1) is 0 Å². The van der Waals surface area contributed by atoms with Gasteiger partial charge in [-0.3, -0.25) is 4.79 Å². The van der Waals surface area contributed by atoms with E-state index in [1.54, 1.807) is 0 Å². The summed E-state index contributed by atoms with van der Waals surface area (Å²) in [5.74, 6) is -0.465. The van der Waals surface area contributed by atoms with E-state index >= 15 is 0 Å². The third kappa shape index (κ3) is 1.54. The zero-order valence-corrected chi connectivity index (χ0v) is 5.50. The first-order valence-corrected chi connectivity index (χ1v) is 3.22. The molecule has 0 aromatic rings. The van der Waals surface area contributed by atoms with Crippen LogP contribution >= 0.6 is 0 Å². The molecule has 56 valence electrons. The largest absolute Gasteiger partial charge is 0.394 e. The van der Waals surface area contributed by atoms with E-state index in [1.807, 2.05) is 0 Å². The zero-order chi connectivity index (χ0) is 7.40. The summed E-state index contributed by atoms with van der Waals surface area (Å²) in [6.07, 6.45) is 1.74. The molecule has 0 unspecified atom stereocenters. The lowest BCUT2D eigenvalue weighted by Gasteiger charge is -2.03. The summed E-state index contributed by atoms with van der Waals surface area (Å²) in [5, 5.41) is 2.91. The molecule has 1 rings (SSSR count). The standard InChI is InChI=1S/C6H9NO3/c8-4-10-6(9)5-2-1-3-7-5/h4-5,7H,1-3H2/t5-/m0/s1. The van der Waals surface area contributed by atoms with E-state index in [4.69, 9.17) is 0 Å². The van der Waals surface area contributed by atoms with Crippen molar-refractivity contribution >= 4 is 12.4 Å². The summed E-state index contributed by atoms with van der Waals surface area (Å²) in [7, 11) is 0. The Bertz CT molecular complexity index is 140. The van der Waals surface area contributed by atoms with Gasteiger partial charge in [0, 0.05) is 0 Å². The fourth-order valence-electron chi connectivity index (χ4n) is 1.02. The maximum absolute atomic E-state index is 10.7. The Labute approximate surface area is 58.5 Å². The van der Waals surface area contributed by atoms with Gasteiger partial charge < -0.3 is 10.1 Å². The minimum atomic E-state index is -0.465. The van der Waals surface area contributed by atoms with E-state index in [1.165, 1.54) is 0 Å². The lowest BCUT2D eigenvalue weighted by atomic mass is 10.2. The van der Waals surface area contributed by atoms with Crippen LogP contribution in [0.1, 0.15) is 12.8 Å². The normalized spacial score (nSPS) is 24.2. The molecule has 1 heterocycles. The van der Waals surface area contributed by atoms with E-state index in [-0.39, 0.29) is 12.5 Å². The molecule has 1 N–H and O–H groups in total. The van der Waals surface area contributed by atoms with Crippen molar-refractivity contribution in [3.05, 3.63) is 0 Å². The van der Waals surface area contributed by atoms with Crippen LogP contribution in [0.3, 0.4) is 0 Å². The molecule has 0 radical (unpaired) electrons. The maximum atomic E-state index is 10.7. The first-order valence-electron chi connectivity index (χ1n) is 3.22. The highest BCUT2D eigenvalue weighted by Gasteiger charge is 2.22. The van der Waals surface area contributed by atoms with E-state index in [0.29, 0.717) is 0 Å². The molecule has 1 atom stereocenters. The van der Waals surface area contributed by atoms with Crippen molar-refractivity contribution in [2.24, 2.45) is 0 Å². The highest BCUT2D eigenvalue weighted by atomic mass is 16.6. The average molecular weight is 143 g/mol. The molecule has 10 heavy (non-hydrogen) atoms. The highest BCUT2D eigenvalue weighted by Crippen LogP contribution is 2.05. The Morgan fingerprint density at radius 2 is 2.50 bits per heavy atom. The van der Waals surface area contributed by atoms with Crippen molar-refractivity contribution in [2.45, 2.75) is 18.9 Å². The first-order chi connectivity index (χ1) is 4.84. The van der Waals surface area contributed by atoms with Crippen molar-refractivity contribution < 1.29 is 14.3 Å². The van der Waals surface area contributed by atoms with Crippen LogP contribution < -0.4 is 5.32 Å². The molecule has 0 spiro atoms. The number of nitrogens with one attached hydrogen (secondary N) is 1. The van der Waals surface area contributed by atoms with Crippen LogP contribution in [-0.2, 0) is 14.3 Å². The predicted octanol–water partition coefficient (Wildman–Crippen LogP) is -0.562. The van der Waals surface area contributed by atoms with E-state index < -0.39 is 5.97 Å². The Morgan fingerprint density at radius 1 is 1.70 bits per heavy atom. The van der Waals surface area contributed by atoms with Gasteiger partial charge >= 0.3 is 12.4 Å². The van der Waals surface area contributed by atoms with Gasteiger partial charge in [0.1, 0.15) is 6.04 Å². The second-order valence-corrected chi connectivity index (χ2v) is 2.18. The second-order valence-electron chi connectivity index (χ2n) is 2.18. The molecule has 4 heteroatoms.